The Hall–Kier alpha value is -2.68. The van der Waals surface area contributed by atoms with Crippen molar-refractivity contribution >= 4 is 23.5 Å². The summed E-state index contributed by atoms with van der Waals surface area (Å²) in [5.74, 6) is 0.785. The molecule has 1 N–H and O–H groups in total. The molecule has 0 bridgehead atoms. The maximum atomic E-state index is 12.6. The third kappa shape index (κ3) is 4.36. The molecule has 1 aromatic carbocycles. The quantitative estimate of drug-likeness (QED) is 0.809. The van der Waals surface area contributed by atoms with E-state index in [4.69, 9.17) is 9.47 Å². The van der Waals surface area contributed by atoms with Gasteiger partial charge in [-0.1, -0.05) is 6.07 Å². The molecule has 1 unspecified atom stereocenters. The maximum Gasteiger partial charge on any atom is 0.275 e. The zero-order valence-electron chi connectivity index (χ0n) is 15.3. The summed E-state index contributed by atoms with van der Waals surface area (Å²) in [6.07, 6.45) is 3.34. The summed E-state index contributed by atoms with van der Waals surface area (Å²) in [5, 5.41) is 2.95. The van der Waals surface area contributed by atoms with Crippen molar-refractivity contribution in [3.63, 3.8) is 0 Å². The summed E-state index contributed by atoms with van der Waals surface area (Å²) in [5.41, 5.74) is 0.806. The van der Waals surface area contributed by atoms with Crippen LogP contribution in [0, 0.1) is 5.92 Å². The first-order chi connectivity index (χ1) is 13.1. The topological polar surface area (TPSA) is 93.7 Å². The lowest BCUT2D eigenvalue weighted by atomic mass is 9.97. The number of methoxy groups -OCH3 is 2. The van der Waals surface area contributed by atoms with Crippen molar-refractivity contribution in [2.75, 3.05) is 33.9 Å². The van der Waals surface area contributed by atoms with Crippen LogP contribution >= 0.6 is 11.7 Å². The number of ether oxygens (including phenoxy) is 2. The first-order valence-electron chi connectivity index (χ1n) is 8.70. The Kier molecular flexibility index (Phi) is 6.23. The lowest BCUT2D eigenvalue weighted by Crippen LogP contribution is -2.43. The molecule has 1 aliphatic heterocycles. The number of hydrogen-bond donors (Lipinski definition) is 1. The minimum absolute atomic E-state index is 0.103. The summed E-state index contributed by atoms with van der Waals surface area (Å²) in [6, 6.07) is 5.19. The second-order valence-electron chi connectivity index (χ2n) is 6.30. The smallest absolute Gasteiger partial charge is 0.275 e. The van der Waals surface area contributed by atoms with Crippen molar-refractivity contribution in [2.45, 2.75) is 12.8 Å². The molecule has 3 rings (SSSR count). The van der Waals surface area contributed by atoms with Crippen molar-refractivity contribution in [3.05, 3.63) is 35.7 Å². The monoisotopic (exact) mass is 390 g/mol. The highest BCUT2D eigenvalue weighted by atomic mass is 32.1. The minimum Gasteiger partial charge on any atom is -0.493 e. The zero-order chi connectivity index (χ0) is 19.2. The molecule has 2 amide bonds. The van der Waals surface area contributed by atoms with Crippen LogP contribution in [0.25, 0.3) is 0 Å². The van der Waals surface area contributed by atoms with E-state index in [0.717, 1.165) is 24.6 Å². The minimum atomic E-state index is -0.224. The fraction of sp³-hybridized carbons (Fsp3) is 0.444. The van der Waals surface area contributed by atoms with Gasteiger partial charge in [-0.15, -0.1) is 0 Å². The van der Waals surface area contributed by atoms with Crippen LogP contribution in [0.5, 0.6) is 11.5 Å². The van der Waals surface area contributed by atoms with Gasteiger partial charge in [0.15, 0.2) is 17.2 Å². The molecule has 2 heterocycles. The summed E-state index contributed by atoms with van der Waals surface area (Å²) in [7, 11) is 3.04. The summed E-state index contributed by atoms with van der Waals surface area (Å²) >= 11 is 1.02. The van der Waals surface area contributed by atoms with Gasteiger partial charge in [0.25, 0.3) is 11.8 Å². The van der Waals surface area contributed by atoms with Crippen LogP contribution in [0.1, 0.15) is 33.7 Å². The van der Waals surface area contributed by atoms with Gasteiger partial charge < -0.3 is 19.7 Å². The van der Waals surface area contributed by atoms with Gasteiger partial charge in [-0.25, -0.2) is 0 Å². The molecule has 0 radical (unpaired) electrons. The van der Waals surface area contributed by atoms with Gasteiger partial charge >= 0.3 is 0 Å². The molecule has 2 aromatic rings. The number of para-hydroxylation sites is 1. The van der Waals surface area contributed by atoms with Crippen molar-refractivity contribution in [2.24, 2.45) is 5.92 Å². The van der Waals surface area contributed by atoms with Crippen LogP contribution in [-0.4, -0.2) is 59.3 Å². The van der Waals surface area contributed by atoms with Gasteiger partial charge in [0.2, 0.25) is 0 Å². The highest BCUT2D eigenvalue weighted by molar-refractivity contribution is 6.99. The first-order valence-corrected chi connectivity index (χ1v) is 9.43. The van der Waals surface area contributed by atoms with Gasteiger partial charge in [-0.05, 0) is 30.9 Å². The molecule has 0 saturated carbocycles. The predicted molar refractivity (Wildman–Crippen MR) is 100 cm³/mol. The van der Waals surface area contributed by atoms with Crippen LogP contribution in [0.4, 0.5) is 0 Å². The molecule has 144 valence electrons. The Morgan fingerprint density at radius 1 is 1.33 bits per heavy atom. The number of piperidine rings is 1. The van der Waals surface area contributed by atoms with Crippen LogP contribution in [-0.2, 0) is 0 Å². The molecule has 0 spiro atoms. The molecule has 1 aliphatic rings. The molecule has 0 aliphatic carbocycles. The fourth-order valence-corrected chi connectivity index (χ4v) is 3.64. The molecule has 9 heteroatoms. The summed E-state index contributed by atoms with van der Waals surface area (Å²) in [4.78, 5) is 26.8. The Bertz CT molecular complexity index is 797. The van der Waals surface area contributed by atoms with E-state index in [-0.39, 0.29) is 17.7 Å². The number of aromatic nitrogens is 2. The van der Waals surface area contributed by atoms with Crippen LogP contribution in [0.15, 0.2) is 24.4 Å². The second kappa shape index (κ2) is 8.81. The number of benzene rings is 1. The first kappa shape index (κ1) is 19.1. The van der Waals surface area contributed by atoms with E-state index in [1.165, 1.54) is 20.4 Å². The molecular weight excluding hydrogens is 368 g/mol. The number of carbonyl (C=O) groups is 2. The van der Waals surface area contributed by atoms with Crippen LogP contribution < -0.4 is 14.8 Å². The van der Waals surface area contributed by atoms with Crippen molar-refractivity contribution in [1.82, 2.24) is 19.0 Å². The van der Waals surface area contributed by atoms with Gasteiger partial charge in [0.1, 0.15) is 0 Å². The molecule has 1 atom stereocenters. The molecule has 1 saturated heterocycles. The summed E-state index contributed by atoms with van der Waals surface area (Å²) in [6.45, 7) is 1.77. The van der Waals surface area contributed by atoms with E-state index in [2.05, 4.69) is 14.1 Å². The molecular formula is C18H22N4O4S. The van der Waals surface area contributed by atoms with Gasteiger partial charge in [0.05, 0.1) is 37.7 Å². The standard InChI is InChI=1S/C18H22N4O4S/c1-25-15-7-3-6-13(16(15)26-2)17(23)19-9-12-5-4-8-22(11-12)18(24)14-10-20-27-21-14/h3,6-7,10,12H,4-5,8-9,11H2,1-2H3,(H,19,23). The van der Waals surface area contributed by atoms with Crippen LogP contribution in [0.3, 0.4) is 0 Å². The third-order valence-corrected chi connectivity index (χ3v) is 5.06. The number of carbonyl (C=O) groups excluding carboxylic acids is 2. The largest absolute Gasteiger partial charge is 0.493 e. The SMILES string of the molecule is COc1cccc(C(=O)NCC2CCCN(C(=O)c3cnsn3)C2)c1OC. The van der Waals surface area contributed by atoms with Crippen molar-refractivity contribution in [3.8, 4) is 11.5 Å². The predicted octanol–water partition coefficient (Wildman–Crippen LogP) is 1.84. The van der Waals surface area contributed by atoms with Gasteiger partial charge in [0, 0.05) is 19.6 Å². The number of amides is 2. The molecule has 1 aromatic heterocycles. The number of nitrogens with zero attached hydrogens (tertiary/aromatic N) is 3. The van der Waals surface area contributed by atoms with E-state index in [1.54, 1.807) is 23.1 Å². The Balaban J connectivity index is 1.60. The lowest BCUT2D eigenvalue weighted by Gasteiger charge is -2.32. The number of nitrogens with one attached hydrogen (secondary N) is 1. The van der Waals surface area contributed by atoms with Gasteiger partial charge in [-0.3, -0.25) is 9.59 Å². The van der Waals surface area contributed by atoms with E-state index < -0.39 is 0 Å². The highest BCUT2D eigenvalue weighted by Crippen LogP contribution is 2.30. The molecule has 1 fully saturated rings. The summed E-state index contributed by atoms with van der Waals surface area (Å²) < 4.78 is 18.5. The second-order valence-corrected chi connectivity index (χ2v) is 6.86. The number of likely N-dealkylation sites (tertiary alicyclic amines) is 1. The van der Waals surface area contributed by atoms with Gasteiger partial charge in [-0.2, -0.15) is 8.75 Å². The fourth-order valence-electron chi connectivity index (χ4n) is 3.24. The van der Waals surface area contributed by atoms with Crippen molar-refractivity contribution in [1.29, 1.82) is 0 Å². The third-order valence-electron chi connectivity index (χ3n) is 4.59. The average Bonchev–Trinajstić information content (AvgIpc) is 3.25. The Labute approximate surface area is 161 Å². The Morgan fingerprint density at radius 2 is 2.19 bits per heavy atom. The molecule has 27 heavy (non-hydrogen) atoms. The van der Waals surface area contributed by atoms with Crippen molar-refractivity contribution < 1.29 is 19.1 Å². The van der Waals surface area contributed by atoms with E-state index >= 15 is 0 Å². The number of rotatable bonds is 6. The van der Waals surface area contributed by atoms with E-state index in [0.29, 0.717) is 42.4 Å². The average molecular weight is 390 g/mol. The van der Waals surface area contributed by atoms with E-state index in [9.17, 15) is 9.59 Å². The Morgan fingerprint density at radius 3 is 2.89 bits per heavy atom. The lowest BCUT2D eigenvalue weighted by molar-refractivity contribution is 0.0666. The molecule has 8 nitrogen and oxygen atoms in total. The zero-order valence-corrected chi connectivity index (χ0v) is 16.1. The maximum absolute atomic E-state index is 12.6. The van der Waals surface area contributed by atoms with Crippen LogP contribution in [0.2, 0.25) is 0 Å². The van der Waals surface area contributed by atoms with E-state index in [1.807, 2.05) is 0 Å². The number of hydrogen-bond acceptors (Lipinski definition) is 7. The highest BCUT2D eigenvalue weighted by Gasteiger charge is 2.26. The normalized spacial score (nSPS) is 16.7.